The fourth-order valence-corrected chi connectivity index (χ4v) is 6.30. The van der Waals surface area contributed by atoms with E-state index < -0.39 is 23.9 Å². The van der Waals surface area contributed by atoms with E-state index in [-0.39, 0.29) is 23.4 Å². The Balaban J connectivity index is 1.44. The molecule has 0 spiro atoms. The minimum absolute atomic E-state index is 0.172. The fourth-order valence-electron chi connectivity index (χ4n) is 6.03. The number of aryl methyl sites for hydroxylation is 2. The Morgan fingerprint density at radius 2 is 1.51 bits per heavy atom. The zero-order chi connectivity index (χ0) is 27.4. The number of nitrogens with zero attached hydrogens (tertiary/aromatic N) is 2. The number of ketones is 2. The van der Waals surface area contributed by atoms with Crippen LogP contribution in [0.2, 0.25) is 0 Å². The van der Waals surface area contributed by atoms with E-state index in [1.165, 1.54) is 4.90 Å². The highest BCUT2D eigenvalue weighted by molar-refractivity contribution is 9.10. The Labute approximate surface area is 234 Å². The van der Waals surface area contributed by atoms with Gasteiger partial charge in [0.05, 0.1) is 23.6 Å². The molecule has 2 amide bonds. The Kier molecular flexibility index (Phi) is 6.19. The molecule has 194 valence electrons. The SMILES string of the molecule is Cc1ccc(N2C(=O)[C@@H]3[C@H](C2=O)[C@H](C(=O)c2ccc(Br)cc2)N2C=CC(C(=O)c4ccccc4)=C[C@@H]32)c(C)c1. The highest BCUT2D eigenvalue weighted by Crippen LogP contribution is 2.47. The van der Waals surface area contributed by atoms with Crippen LogP contribution in [-0.2, 0) is 9.59 Å². The highest BCUT2D eigenvalue weighted by Gasteiger charge is 2.63. The molecule has 3 heterocycles. The largest absolute Gasteiger partial charge is 0.359 e. The Hall–Kier alpha value is -4.10. The summed E-state index contributed by atoms with van der Waals surface area (Å²) < 4.78 is 0.833. The van der Waals surface area contributed by atoms with E-state index in [1.54, 1.807) is 77.8 Å². The number of carbonyl (C=O) groups excluding carboxylic acids is 4. The number of rotatable bonds is 5. The summed E-state index contributed by atoms with van der Waals surface area (Å²) in [6.07, 6.45) is 5.12. The van der Waals surface area contributed by atoms with E-state index in [0.717, 1.165) is 15.6 Å². The molecular weight excluding hydrogens is 556 g/mol. The van der Waals surface area contributed by atoms with Crippen molar-refractivity contribution in [3.63, 3.8) is 0 Å². The lowest BCUT2D eigenvalue weighted by molar-refractivity contribution is -0.123. The lowest BCUT2D eigenvalue weighted by Gasteiger charge is -2.33. The van der Waals surface area contributed by atoms with Crippen LogP contribution in [0.5, 0.6) is 0 Å². The van der Waals surface area contributed by atoms with E-state index in [4.69, 9.17) is 0 Å². The van der Waals surface area contributed by atoms with Crippen molar-refractivity contribution in [3.8, 4) is 0 Å². The Morgan fingerprint density at radius 3 is 2.21 bits per heavy atom. The van der Waals surface area contributed by atoms with Gasteiger partial charge in [0.15, 0.2) is 11.6 Å². The van der Waals surface area contributed by atoms with Crippen molar-refractivity contribution in [2.45, 2.75) is 25.9 Å². The van der Waals surface area contributed by atoms with Gasteiger partial charge in [-0.3, -0.25) is 19.2 Å². The van der Waals surface area contributed by atoms with E-state index in [2.05, 4.69) is 15.9 Å². The van der Waals surface area contributed by atoms with Gasteiger partial charge in [-0.25, -0.2) is 4.90 Å². The molecule has 0 aliphatic carbocycles. The topological polar surface area (TPSA) is 74.8 Å². The molecule has 3 aromatic carbocycles. The van der Waals surface area contributed by atoms with Crippen LogP contribution in [0.25, 0.3) is 0 Å². The summed E-state index contributed by atoms with van der Waals surface area (Å²) in [6.45, 7) is 3.82. The van der Waals surface area contributed by atoms with Crippen LogP contribution in [0.15, 0.2) is 101 Å². The first kappa shape index (κ1) is 25.2. The highest BCUT2D eigenvalue weighted by atomic mass is 79.9. The predicted octanol–water partition coefficient (Wildman–Crippen LogP) is 5.44. The number of carbonyl (C=O) groups is 4. The second-order valence-corrected chi connectivity index (χ2v) is 11.2. The molecule has 39 heavy (non-hydrogen) atoms. The summed E-state index contributed by atoms with van der Waals surface area (Å²) in [6, 6.07) is 20.0. The summed E-state index contributed by atoms with van der Waals surface area (Å²) >= 11 is 3.40. The number of anilines is 1. The zero-order valence-corrected chi connectivity index (χ0v) is 23.0. The number of hydrogen-bond donors (Lipinski definition) is 0. The molecule has 0 N–H and O–H groups in total. The molecule has 7 heteroatoms. The zero-order valence-electron chi connectivity index (χ0n) is 21.4. The van der Waals surface area contributed by atoms with Crippen LogP contribution < -0.4 is 4.90 Å². The van der Waals surface area contributed by atoms with Gasteiger partial charge in [-0.15, -0.1) is 0 Å². The van der Waals surface area contributed by atoms with Crippen molar-refractivity contribution in [2.75, 3.05) is 4.90 Å². The van der Waals surface area contributed by atoms with Crippen molar-refractivity contribution in [1.29, 1.82) is 0 Å². The van der Waals surface area contributed by atoms with Crippen molar-refractivity contribution in [3.05, 3.63) is 123 Å². The predicted molar refractivity (Wildman–Crippen MR) is 151 cm³/mol. The van der Waals surface area contributed by atoms with Crippen LogP contribution in [0.3, 0.4) is 0 Å². The van der Waals surface area contributed by atoms with Gasteiger partial charge in [0.25, 0.3) is 0 Å². The van der Waals surface area contributed by atoms with E-state index in [1.807, 2.05) is 32.0 Å². The summed E-state index contributed by atoms with van der Waals surface area (Å²) in [5.41, 5.74) is 3.78. The average Bonchev–Trinajstić information content (AvgIpc) is 3.40. The van der Waals surface area contributed by atoms with Gasteiger partial charge in [0, 0.05) is 27.4 Å². The first-order valence-electron chi connectivity index (χ1n) is 12.8. The van der Waals surface area contributed by atoms with Crippen LogP contribution in [0, 0.1) is 25.7 Å². The third kappa shape index (κ3) is 4.08. The van der Waals surface area contributed by atoms with Crippen LogP contribution in [0.1, 0.15) is 31.8 Å². The first-order chi connectivity index (χ1) is 18.8. The second-order valence-electron chi connectivity index (χ2n) is 10.2. The molecule has 3 aliphatic heterocycles. The van der Waals surface area contributed by atoms with Gasteiger partial charge in [-0.1, -0.05) is 82.2 Å². The lowest BCUT2D eigenvalue weighted by Crippen LogP contribution is -2.46. The van der Waals surface area contributed by atoms with Gasteiger partial charge in [0.2, 0.25) is 11.8 Å². The molecule has 0 bridgehead atoms. The van der Waals surface area contributed by atoms with Crippen molar-refractivity contribution >= 4 is 45.0 Å². The van der Waals surface area contributed by atoms with Crippen LogP contribution in [0.4, 0.5) is 5.69 Å². The summed E-state index contributed by atoms with van der Waals surface area (Å²) in [7, 11) is 0. The maximum atomic E-state index is 14.0. The molecule has 3 aromatic rings. The molecule has 2 saturated heterocycles. The number of allylic oxidation sites excluding steroid dienone is 2. The maximum absolute atomic E-state index is 14.0. The van der Waals surface area contributed by atoms with Crippen molar-refractivity contribution in [2.24, 2.45) is 11.8 Å². The number of hydrogen-bond acceptors (Lipinski definition) is 5. The monoisotopic (exact) mass is 580 g/mol. The van der Waals surface area contributed by atoms with Crippen LogP contribution >= 0.6 is 15.9 Å². The van der Waals surface area contributed by atoms with Crippen molar-refractivity contribution in [1.82, 2.24) is 4.90 Å². The fraction of sp³-hybridized carbons (Fsp3) is 0.188. The quantitative estimate of drug-likeness (QED) is 0.296. The van der Waals surface area contributed by atoms with Gasteiger partial charge in [0.1, 0.15) is 6.04 Å². The lowest BCUT2D eigenvalue weighted by atomic mass is 9.85. The van der Waals surface area contributed by atoms with E-state index in [9.17, 15) is 19.2 Å². The molecule has 2 fully saturated rings. The number of halogens is 1. The van der Waals surface area contributed by atoms with Gasteiger partial charge < -0.3 is 4.90 Å². The molecule has 0 radical (unpaired) electrons. The van der Waals surface area contributed by atoms with E-state index >= 15 is 0 Å². The third-order valence-electron chi connectivity index (χ3n) is 7.84. The second kappa shape index (κ2) is 9.58. The number of amides is 2. The molecular formula is C32H25BrN2O4. The molecule has 4 atom stereocenters. The summed E-state index contributed by atoms with van der Waals surface area (Å²) in [5.74, 6) is -2.83. The van der Waals surface area contributed by atoms with E-state index in [0.29, 0.717) is 22.4 Å². The third-order valence-corrected chi connectivity index (χ3v) is 8.37. The number of fused-ring (bicyclic) bond motifs is 3. The average molecular weight is 581 g/mol. The Morgan fingerprint density at radius 1 is 0.821 bits per heavy atom. The molecule has 0 unspecified atom stereocenters. The van der Waals surface area contributed by atoms with Gasteiger partial charge in [-0.2, -0.15) is 0 Å². The molecule has 6 nitrogen and oxygen atoms in total. The minimum Gasteiger partial charge on any atom is -0.359 e. The summed E-state index contributed by atoms with van der Waals surface area (Å²) in [4.78, 5) is 58.3. The van der Waals surface area contributed by atoms with Crippen molar-refractivity contribution < 1.29 is 19.2 Å². The Bertz CT molecular complexity index is 1590. The molecule has 3 aliphatic rings. The maximum Gasteiger partial charge on any atom is 0.240 e. The number of Topliss-reactive ketones (excluding diaryl/α,β-unsaturated/α-hetero) is 2. The smallest absolute Gasteiger partial charge is 0.240 e. The molecule has 6 rings (SSSR count). The van der Waals surface area contributed by atoms with Gasteiger partial charge >= 0.3 is 0 Å². The normalized spacial score (nSPS) is 23.5. The van der Waals surface area contributed by atoms with Crippen LogP contribution in [-0.4, -0.2) is 40.4 Å². The molecule has 0 aromatic heterocycles. The number of imide groups is 1. The first-order valence-corrected chi connectivity index (χ1v) is 13.6. The number of benzene rings is 3. The molecule has 0 saturated carbocycles. The van der Waals surface area contributed by atoms with Gasteiger partial charge in [-0.05, 0) is 43.7 Å². The standard InChI is InChI=1S/C32H25BrN2O4/c1-18-8-13-24(19(2)16-18)35-31(38)26-25-17-22(29(36)20-6-4-3-5-7-20)14-15-34(25)28(27(26)32(35)39)30(37)21-9-11-23(33)12-10-21/h3-17,25-28H,1-2H3/t25-,26-,27-,28+/m0/s1. The minimum atomic E-state index is -0.883. The summed E-state index contributed by atoms with van der Waals surface area (Å²) in [5, 5.41) is 0.